The molecule has 4 nitrogen and oxygen atoms in total. The largest absolute Gasteiger partial charge is 0.466 e. The number of hydrogen-bond donors (Lipinski definition) is 1. The standard InChI is InChI=1S/C9H6F2N2O2/c10-6-2-1-5(3-7(6)11)9-13-12-8(14)4-15-9/h1-3H,4H2,(H,12,14). The summed E-state index contributed by atoms with van der Waals surface area (Å²) in [5.41, 5.74) is 2.44. The summed E-state index contributed by atoms with van der Waals surface area (Å²) >= 11 is 0. The number of carbonyl (C=O) groups is 1. The van der Waals surface area contributed by atoms with Crippen molar-refractivity contribution in [1.29, 1.82) is 0 Å². The molecule has 0 fully saturated rings. The van der Waals surface area contributed by atoms with Crippen molar-refractivity contribution >= 4 is 11.8 Å². The van der Waals surface area contributed by atoms with Gasteiger partial charge in [-0.25, -0.2) is 14.2 Å². The van der Waals surface area contributed by atoms with Crippen molar-refractivity contribution in [2.45, 2.75) is 0 Å². The molecule has 1 aromatic carbocycles. The zero-order chi connectivity index (χ0) is 10.8. The van der Waals surface area contributed by atoms with Crippen LogP contribution in [-0.4, -0.2) is 18.4 Å². The fraction of sp³-hybridized carbons (Fsp3) is 0.111. The Morgan fingerprint density at radius 3 is 2.73 bits per heavy atom. The molecule has 0 spiro atoms. The van der Waals surface area contributed by atoms with Gasteiger partial charge in [0.15, 0.2) is 18.2 Å². The van der Waals surface area contributed by atoms with Crippen LogP contribution in [0.4, 0.5) is 8.78 Å². The topological polar surface area (TPSA) is 50.7 Å². The maximum absolute atomic E-state index is 12.8. The summed E-state index contributed by atoms with van der Waals surface area (Å²) in [4.78, 5) is 10.7. The van der Waals surface area contributed by atoms with Crippen LogP contribution in [0.1, 0.15) is 5.56 Å². The Hall–Kier alpha value is -1.98. The van der Waals surface area contributed by atoms with E-state index in [1.807, 2.05) is 0 Å². The van der Waals surface area contributed by atoms with Crippen LogP contribution in [0, 0.1) is 11.6 Å². The molecule has 1 amide bonds. The van der Waals surface area contributed by atoms with E-state index in [1.165, 1.54) is 6.07 Å². The summed E-state index contributed by atoms with van der Waals surface area (Å²) in [6, 6.07) is 3.23. The summed E-state index contributed by atoms with van der Waals surface area (Å²) in [6.45, 7) is -0.183. The summed E-state index contributed by atoms with van der Waals surface area (Å²) in [6.07, 6.45) is 0. The Bertz CT molecular complexity index is 446. The highest BCUT2D eigenvalue weighted by Crippen LogP contribution is 2.11. The van der Waals surface area contributed by atoms with Gasteiger partial charge in [0.05, 0.1) is 0 Å². The Balaban J connectivity index is 2.30. The van der Waals surface area contributed by atoms with E-state index in [2.05, 4.69) is 10.5 Å². The van der Waals surface area contributed by atoms with E-state index >= 15 is 0 Å². The molecule has 2 rings (SSSR count). The van der Waals surface area contributed by atoms with Crippen LogP contribution in [0.2, 0.25) is 0 Å². The quantitative estimate of drug-likeness (QED) is 0.747. The monoisotopic (exact) mass is 212 g/mol. The lowest BCUT2D eigenvalue weighted by Crippen LogP contribution is -2.32. The van der Waals surface area contributed by atoms with Crippen LogP contribution >= 0.6 is 0 Å². The third kappa shape index (κ3) is 1.93. The minimum atomic E-state index is -0.990. The number of carbonyl (C=O) groups excluding carboxylic acids is 1. The highest BCUT2D eigenvalue weighted by Gasteiger charge is 2.15. The third-order valence-electron chi connectivity index (χ3n) is 1.79. The number of rotatable bonds is 1. The average Bonchev–Trinajstić information content (AvgIpc) is 2.23. The second kappa shape index (κ2) is 3.64. The third-order valence-corrected chi connectivity index (χ3v) is 1.79. The van der Waals surface area contributed by atoms with Gasteiger partial charge in [-0.3, -0.25) is 4.79 Å². The van der Waals surface area contributed by atoms with E-state index < -0.39 is 11.6 Å². The van der Waals surface area contributed by atoms with Gasteiger partial charge < -0.3 is 4.74 Å². The Labute approximate surface area is 83.5 Å². The van der Waals surface area contributed by atoms with Gasteiger partial charge in [0.2, 0.25) is 5.90 Å². The molecule has 1 N–H and O–H groups in total. The summed E-state index contributed by atoms with van der Waals surface area (Å²) in [5, 5.41) is 3.56. The van der Waals surface area contributed by atoms with E-state index in [-0.39, 0.29) is 24.0 Å². The number of benzene rings is 1. The summed E-state index contributed by atoms with van der Waals surface area (Å²) < 4.78 is 30.4. The Morgan fingerprint density at radius 1 is 1.33 bits per heavy atom. The van der Waals surface area contributed by atoms with Crippen molar-refractivity contribution in [1.82, 2.24) is 5.43 Å². The van der Waals surface area contributed by atoms with Gasteiger partial charge in [-0.1, -0.05) is 0 Å². The number of halogens is 2. The molecule has 78 valence electrons. The van der Waals surface area contributed by atoms with Crippen molar-refractivity contribution in [3.63, 3.8) is 0 Å². The van der Waals surface area contributed by atoms with Crippen LogP contribution in [0.3, 0.4) is 0 Å². The second-order valence-electron chi connectivity index (χ2n) is 2.87. The maximum Gasteiger partial charge on any atom is 0.278 e. The Kier molecular flexibility index (Phi) is 2.32. The van der Waals surface area contributed by atoms with Crippen LogP contribution in [0.5, 0.6) is 0 Å². The molecule has 1 aliphatic rings. The van der Waals surface area contributed by atoms with Crippen LogP contribution < -0.4 is 5.43 Å². The molecule has 0 atom stereocenters. The van der Waals surface area contributed by atoms with E-state index in [0.717, 1.165) is 12.1 Å². The molecule has 15 heavy (non-hydrogen) atoms. The highest BCUT2D eigenvalue weighted by molar-refractivity contribution is 5.97. The van der Waals surface area contributed by atoms with Gasteiger partial charge in [-0.15, -0.1) is 5.10 Å². The van der Waals surface area contributed by atoms with E-state index in [9.17, 15) is 13.6 Å². The second-order valence-corrected chi connectivity index (χ2v) is 2.87. The molecular formula is C9H6F2N2O2. The fourth-order valence-electron chi connectivity index (χ4n) is 1.09. The number of nitrogens with zero attached hydrogens (tertiary/aromatic N) is 1. The molecule has 0 saturated carbocycles. The lowest BCUT2D eigenvalue weighted by Gasteiger charge is -2.13. The predicted octanol–water partition coefficient (Wildman–Crippen LogP) is 0.773. The van der Waals surface area contributed by atoms with Gasteiger partial charge in [-0.2, -0.15) is 0 Å². The number of ether oxygens (including phenoxy) is 1. The fourth-order valence-corrected chi connectivity index (χ4v) is 1.09. The zero-order valence-electron chi connectivity index (χ0n) is 7.46. The number of hydrogen-bond acceptors (Lipinski definition) is 3. The SMILES string of the molecule is O=C1COC(c2ccc(F)c(F)c2)=NN1. The van der Waals surface area contributed by atoms with Gasteiger partial charge in [0, 0.05) is 5.56 Å². The van der Waals surface area contributed by atoms with Gasteiger partial charge in [0.25, 0.3) is 5.91 Å². The first kappa shape index (κ1) is 9.57. The first-order valence-electron chi connectivity index (χ1n) is 4.11. The van der Waals surface area contributed by atoms with Crippen molar-refractivity contribution in [3.8, 4) is 0 Å². The average molecular weight is 212 g/mol. The van der Waals surface area contributed by atoms with Gasteiger partial charge in [0.1, 0.15) is 0 Å². The van der Waals surface area contributed by atoms with Crippen LogP contribution in [-0.2, 0) is 9.53 Å². The number of hydrazone groups is 1. The molecular weight excluding hydrogens is 206 g/mol. The molecule has 6 heteroatoms. The molecule has 0 saturated heterocycles. The van der Waals surface area contributed by atoms with Crippen molar-refractivity contribution in [2.75, 3.05) is 6.61 Å². The van der Waals surface area contributed by atoms with E-state index in [1.54, 1.807) is 0 Å². The molecule has 1 aromatic rings. The molecule has 0 unspecified atom stereocenters. The van der Waals surface area contributed by atoms with E-state index in [4.69, 9.17) is 4.74 Å². The molecule has 0 bridgehead atoms. The predicted molar refractivity (Wildman–Crippen MR) is 47.0 cm³/mol. The molecule has 0 aliphatic carbocycles. The smallest absolute Gasteiger partial charge is 0.278 e. The van der Waals surface area contributed by atoms with Crippen LogP contribution in [0.15, 0.2) is 23.3 Å². The van der Waals surface area contributed by atoms with Gasteiger partial charge >= 0.3 is 0 Å². The molecule has 1 aliphatic heterocycles. The Morgan fingerprint density at radius 2 is 2.13 bits per heavy atom. The zero-order valence-corrected chi connectivity index (χ0v) is 7.46. The first-order chi connectivity index (χ1) is 7.16. The van der Waals surface area contributed by atoms with Crippen molar-refractivity contribution in [2.24, 2.45) is 5.10 Å². The summed E-state index contributed by atoms with van der Waals surface area (Å²) in [5.74, 6) is -2.26. The molecule has 0 aromatic heterocycles. The van der Waals surface area contributed by atoms with Gasteiger partial charge in [-0.05, 0) is 18.2 Å². The minimum absolute atomic E-state index is 0.0634. The van der Waals surface area contributed by atoms with Crippen molar-refractivity contribution in [3.05, 3.63) is 35.4 Å². The number of amides is 1. The minimum Gasteiger partial charge on any atom is -0.466 e. The molecule has 0 radical (unpaired) electrons. The van der Waals surface area contributed by atoms with E-state index in [0.29, 0.717) is 0 Å². The lowest BCUT2D eigenvalue weighted by atomic mass is 10.2. The molecule has 1 heterocycles. The first-order valence-corrected chi connectivity index (χ1v) is 4.11. The van der Waals surface area contributed by atoms with Crippen molar-refractivity contribution < 1.29 is 18.3 Å². The summed E-state index contributed by atoms with van der Waals surface area (Å²) in [7, 11) is 0. The lowest BCUT2D eigenvalue weighted by molar-refractivity contribution is -0.124. The maximum atomic E-state index is 12.8. The normalized spacial score (nSPS) is 15.3. The number of nitrogens with one attached hydrogen (secondary N) is 1. The van der Waals surface area contributed by atoms with Crippen LogP contribution in [0.25, 0.3) is 0 Å². The highest BCUT2D eigenvalue weighted by atomic mass is 19.2.